The molecule has 3 aromatic carbocycles. The van der Waals surface area contributed by atoms with Crippen molar-refractivity contribution < 1.29 is 4.74 Å². The highest BCUT2D eigenvalue weighted by molar-refractivity contribution is 5.70. The van der Waals surface area contributed by atoms with Crippen LogP contribution in [0.2, 0.25) is 0 Å². The van der Waals surface area contributed by atoms with E-state index in [0.717, 1.165) is 34.0 Å². The Balaban J connectivity index is 1.87. The molecule has 0 aliphatic rings. The van der Waals surface area contributed by atoms with Crippen molar-refractivity contribution in [2.24, 2.45) is 0 Å². The Morgan fingerprint density at radius 2 is 1.36 bits per heavy atom. The van der Waals surface area contributed by atoms with Gasteiger partial charge in [0.25, 0.3) is 0 Å². The number of aromatic nitrogens is 2. The fourth-order valence-corrected chi connectivity index (χ4v) is 2.86. The molecule has 0 unspecified atom stereocenters. The van der Waals surface area contributed by atoms with Gasteiger partial charge in [0, 0.05) is 11.1 Å². The highest BCUT2D eigenvalue weighted by atomic mass is 16.5. The van der Waals surface area contributed by atoms with Gasteiger partial charge in [-0.25, -0.2) is 4.68 Å². The van der Waals surface area contributed by atoms with E-state index in [1.165, 1.54) is 0 Å². The first-order valence-electron chi connectivity index (χ1n) is 8.20. The van der Waals surface area contributed by atoms with E-state index in [0.29, 0.717) is 0 Å². The summed E-state index contributed by atoms with van der Waals surface area (Å²) < 4.78 is 7.26. The molecule has 0 saturated carbocycles. The maximum atomic E-state index is 5.27. The lowest BCUT2D eigenvalue weighted by Gasteiger charge is -2.08. The van der Waals surface area contributed by atoms with Gasteiger partial charge < -0.3 is 4.74 Å². The van der Waals surface area contributed by atoms with Crippen LogP contribution in [0.1, 0.15) is 0 Å². The summed E-state index contributed by atoms with van der Waals surface area (Å²) in [5.41, 5.74) is 5.24. The molecule has 3 heteroatoms. The minimum absolute atomic E-state index is 0.845. The maximum Gasteiger partial charge on any atom is 0.118 e. The van der Waals surface area contributed by atoms with Crippen molar-refractivity contribution in [1.82, 2.24) is 9.78 Å². The second-order valence-corrected chi connectivity index (χ2v) is 5.76. The van der Waals surface area contributed by atoms with Crippen LogP contribution in [0.5, 0.6) is 5.75 Å². The Labute approximate surface area is 147 Å². The molecular formula is C22H18N2O. The summed E-state index contributed by atoms with van der Waals surface area (Å²) in [7, 11) is 1.68. The molecule has 4 aromatic rings. The van der Waals surface area contributed by atoms with Crippen LogP contribution in [-0.4, -0.2) is 16.9 Å². The van der Waals surface area contributed by atoms with Gasteiger partial charge in [-0.05, 0) is 42.5 Å². The first-order chi connectivity index (χ1) is 12.3. The van der Waals surface area contributed by atoms with Crippen molar-refractivity contribution in [1.29, 1.82) is 0 Å². The highest BCUT2D eigenvalue weighted by Gasteiger charge is 2.13. The van der Waals surface area contributed by atoms with E-state index in [1.54, 1.807) is 7.11 Å². The van der Waals surface area contributed by atoms with Gasteiger partial charge in [-0.2, -0.15) is 5.10 Å². The summed E-state index contributed by atoms with van der Waals surface area (Å²) in [5, 5.41) is 4.86. The van der Waals surface area contributed by atoms with Crippen molar-refractivity contribution in [2.75, 3.05) is 7.11 Å². The average molecular weight is 326 g/mol. The van der Waals surface area contributed by atoms with Gasteiger partial charge in [-0.1, -0.05) is 48.5 Å². The molecule has 0 atom stereocenters. The van der Waals surface area contributed by atoms with Crippen molar-refractivity contribution >= 4 is 0 Å². The summed E-state index contributed by atoms with van der Waals surface area (Å²) >= 11 is 0. The minimum Gasteiger partial charge on any atom is -0.497 e. The van der Waals surface area contributed by atoms with Crippen LogP contribution in [-0.2, 0) is 0 Å². The second-order valence-electron chi connectivity index (χ2n) is 5.76. The van der Waals surface area contributed by atoms with E-state index in [9.17, 15) is 0 Å². The minimum atomic E-state index is 0.845. The van der Waals surface area contributed by atoms with Gasteiger partial charge in [-0.3, -0.25) is 0 Å². The van der Waals surface area contributed by atoms with Crippen molar-refractivity contribution in [3.8, 4) is 34.0 Å². The van der Waals surface area contributed by atoms with Crippen LogP contribution < -0.4 is 4.74 Å². The van der Waals surface area contributed by atoms with Gasteiger partial charge in [-0.15, -0.1) is 0 Å². The number of ether oxygens (including phenoxy) is 1. The summed E-state index contributed by atoms with van der Waals surface area (Å²) in [6.07, 6.45) is 0. The van der Waals surface area contributed by atoms with Crippen LogP contribution in [0, 0.1) is 0 Å². The molecule has 25 heavy (non-hydrogen) atoms. The molecule has 0 amide bonds. The molecule has 122 valence electrons. The van der Waals surface area contributed by atoms with E-state index < -0.39 is 0 Å². The third-order valence-corrected chi connectivity index (χ3v) is 4.17. The van der Waals surface area contributed by atoms with Crippen molar-refractivity contribution in [3.63, 3.8) is 0 Å². The molecule has 4 rings (SSSR count). The fourth-order valence-electron chi connectivity index (χ4n) is 2.86. The fraction of sp³-hybridized carbons (Fsp3) is 0.0455. The molecule has 0 bridgehead atoms. The van der Waals surface area contributed by atoms with Gasteiger partial charge in [0.2, 0.25) is 0 Å². The predicted molar refractivity (Wildman–Crippen MR) is 101 cm³/mol. The number of methoxy groups -OCH3 is 1. The molecule has 0 N–H and O–H groups in total. The van der Waals surface area contributed by atoms with E-state index in [2.05, 4.69) is 42.5 Å². The first-order valence-corrected chi connectivity index (χ1v) is 8.20. The molecule has 1 heterocycles. The zero-order chi connectivity index (χ0) is 17.1. The van der Waals surface area contributed by atoms with Crippen LogP contribution in [0.15, 0.2) is 91.0 Å². The normalized spacial score (nSPS) is 10.6. The lowest BCUT2D eigenvalue weighted by molar-refractivity contribution is 0.415. The molecule has 3 nitrogen and oxygen atoms in total. The topological polar surface area (TPSA) is 27.1 Å². The Morgan fingerprint density at radius 1 is 0.720 bits per heavy atom. The van der Waals surface area contributed by atoms with E-state index in [1.807, 2.05) is 53.2 Å². The summed E-state index contributed by atoms with van der Waals surface area (Å²) in [5.74, 6) is 0.845. The van der Waals surface area contributed by atoms with Crippen LogP contribution in [0.3, 0.4) is 0 Å². The number of nitrogens with zero attached hydrogens (tertiary/aromatic N) is 2. The van der Waals surface area contributed by atoms with E-state index in [4.69, 9.17) is 9.84 Å². The quantitative estimate of drug-likeness (QED) is 0.514. The van der Waals surface area contributed by atoms with Crippen LogP contribution >= 0.6 is 0 Å². The van der Waals surface area contributed by atoms with Gasteiger partial charge in [0.05, 0.1) is 24.2 Å². The molecule has 1 aromatic heterocycles. The van der Waals surface area contributed by atoms with E-state index >= 15 is 0 Å². The third-order valence-electron chi connectivity index (χ3n) is 4.17. The van der Waals surface area contributed by atoms with Gasteiger partial charge >= 0.3 is 0 Å². The van der Waals surface area contributed by atoms with Gasteiger partial charge in [0.1, 0.15) is 5.75 Å². The Morgan fingerprint density at radius 3 is 2.00 bits per heavy atom. The molecule has 0 aliphatic carbocycles. The molecule has 0 radical (unpaired) electrons. The molecular weight excluding hydrogens is 308 g/mol. The largest absolute Gasteiger partial charge is 0.497 e. The van der Waals surface area contributed by atoms with Crippen molar-refractivity contribution in [3.05, 3.63) is 91.0 Å². The molecule has 0 aliphatic heterocycles. The summed E-state index contributed by atoms with van der Waals surface area (Å²) in [6.45, 7) is 0. The second kappa shape index (κ2) is 6.65. The lowest BCUT2D eigenvalue weighted by Crippen LogP contribution is -1.98. The Bertz CT molecular complexity index is 958. The van der Waals surface area contributed by atoms with Crippen molar-refractivity contribution in [2.45, 2.75) is 0 Å². The summed E-state index contributed by atoms with van der Waals surface area (Å²) in [6, 6.07) is 30.6. The van der Waals surface area contributed by atoms with E-state index in [-0.39, 0.29) is 0 Å². The smallest absolute Gasteiger partial charge is 0.118 e. The molecule has 0 spiro atoms. The maximum absolute atomic E-state index is 5.27. The molecule has 0 saturated heterocycles. The number of para-hydroxylation sites is 1. The molecule has 0 fully saturated rings. The van der Waals surface area contributed by atoms with Crippen LogP contribution in [0.25, 0.3) is 28.2 Å². The first kappa shape index (κ1) is 15.2. The third kappa shape index (κ3) is 3.04. The SMILES string of the molecule is COc1ccc(-c2cc(-c3ccccc3)nn2-c2ccccc2)cc1. The number of hydrogen-bond acceptors (Lipinski definition) is 2. The zero-order valence-corrected chi connectivity index (χ0v) is 14.0. The van der Waals surface area contributed by atoms with Crippen LogP contribution in [0.4, 0.5) is 0 Å². The average Bonchev–Trinajstić information content (AvgIpc) is 3.15. The Kier molecular flexibility index (Phi) is 4.05. The van der Waals surface area contributed by atoms with Gasteiger partial charge in [0.15, 0.2) is 0 Å². The predicted octanol–water partition coefficient (Wildman–Crippen LogP) is 5.21. The number of rotatable bonds is 4. The lowest BCUT2D eigenvalue weighted by atomic mass is 10.1. The number of benzene rings is 3. The highest BCUT2D eigenvalue weighted by Crippen LogP contribution is 2.29. The standard InChI is InChI=1S/C22H18N2O/c1-25-20-14-12-18(13-15-20)22-16-21(17-8-4-2-5-9-17)23-24(22)19-10-6-3-7-11-19/h2-16H,1H3. The number of hydrogen-bond donors (Lipinski definition) is 0. The zero-order valence-electron chi connectivity index (χ0n) is 14.0. The Hall–Kier alpha value is -3.33. The monoisotopic (exact) mass is 326 g/mol. The summed E-state index contributed by atoms with van der Waals surface area (Å²) in [4.78, 5) is 0.